The highest BCUT2D eigenvalue weighted by atomic mass is 32.2. The summed E-state index contributed by atoms with van der Waals surface area (Å²) in [6, 6.07) is 12.8. The van der Waals surface area contributed by atoms with Crippen LogP contribution in [0.1, 0.15) is 11.1 Å². The number of carbonyl (C=O) groups excluding carboxylic acids is 1. The summed E-state index contributed by atoms with van der Waals surface area (Å²) in [4.78, 5) is 42.8. The fourth-order valence-corrected chi connectivity index (χ4v) is 4.61. The maximum absolute atomic E-state index is 12.6. The van der Waals surface area contributed by atoms with Crippen LogP contribution < -0.4 is 21.9 Å². The number of para-hydroxylation sites is 1. The number of hydrogen-bond donors (Lipinski definition) is 2. The smallest absolute Gasteiger partial charge is 0.316 e. The Bertz CT molecular complexity index is 1500. The molecule has 0 saturated carbocycles. The maximum atomic E-state index is 12.6. The van der Waals surface area contributed by atoms with Crippen LogP contribution in [0.25, 0.3) is 11.2 Å². The number of carbonyl (C=O) groups is 1. The lowest BCUT2D eigenvalue weighted by atomic mass is 10.1. The van der Waals surface area contributed by atoms with Crippen LogP contribution in [-0.2, 0) is 21.1 Å². The first-order valence-corrected chi connectivity index (χ1v) is 11.0. The lowest BCUT2D eigenvalue weighted by Crippen LogP contribution is -2.37. The molecule has 9 nitrogen and oxygen atoms in total. The largest absolute Gasteiger partial charge is 0.332 e. The van der Waals surface area contributed by atoms with E-state index in [1.165, 1.54) is 23.4 Å². The van der Waals surface area contributed by atoms with Crippen molar-refractivity contribution in [1.29, 1.82) is 0 Å². The van der Waals surface area contributed by atoms with Crippen LogP contribution in [0, 0.1) is 13.8 Å². The van der Waals surface area contributed by atoms with E-state index in [4.69, 9.17) is 0 Å². The molecule has 2 heterocycles. The Balaban J connectivity index is 1.64. The summed E-state index contributed by atoms with van der Waals surface area (Å²) >= 11 is 1.29. The van der Waals surface area contributed by atoms with Gasteiger partial charge in [-0.15, -0.1) is 0 Å². The van der Waals surface area contributed by atoms with Gasteiger partial charge >= 0.3 is 11.7 Å². The lowest BCUT2D eigenvalue weighted by molar-refractivity contribution is 0.262. The molecule has 10 heteroatoms. The van der Waals surface area contributed by atoms with Gasteiger partial charge in [-0.1, -0.05) is 18.2 Å². The lowest BCUT2D eigenvalue weighted by Gasteiger charge is -2.12. The highest BCUT2D eigenvalue weighted by molar-refractivity contribution is 7.99. The Hall–Kier alpha value is -3.79. The summed E-state index contributed by atoms with van der Waals surface area (Å²) in [6.07, 6.45) is 0. The Labute approximate surface area is 194 Å². The highest BCUT2D eigenvalue weighted by Gasteiger charge is 2.19. The SMILES string of the molecule is Cc1cc(C)cc(NC(=O)Nc2ccccc2Sc2nc3c(c(=O)n(C)c(=O)n3C)n2C)c1. The van der Waals surface area contributed by atoms with E-state index in [1.54, 1.807) is 24.7 Å². The standard InChI is InChI=1S/C23H24N6O3S/c1-13-10-14(2)12-15(11-13)24-21(31)25-16-8-6-7-9-17(16)33-22-26-19-18(27(22)3)20(30)29(5)23(32)28(19)4/h6-12H,1-5H3,(H2,24,25,31). The van der Waals surface area contributed by atoms with E-state index in [-0.39, 0.29) is 6.03 Å². The molecule has 0 aliphatic carbocycles. The molecule has 0 aliphatic rings. The van der Waals surface area contributed by atoms with Gasteiger partial charge in [0.05, 0.1) is 5.69 Å². The van der Waals surface area contributed by atoms with Gasteiger partial charge < -0.3 is 15.2 Å². The quantitative estimate of drug-likeness (QED) is 0.482. The summed E-state index contributed by atoms with van der Waals surface area (Å²) in [6.45, 7) is 3.95. The average Bonchev–Trinajstić information content (AvgIpc) is 3.07. The molecule has 2 aromatic heterocycles. The van der Waals surface area contributed by atoms with Crippen molar-refractivity contribution in [2.24, 2.45) is 21.1 Å². The van der Waals surface area contributed by atoms with Crippen LogP contribution in [-0.4, -0.2) is 24.7 Å². The summed E-state index contributed by atoms with van der Waals surface area (Å²) < 4.78 is 4.07. The number of urea groups is 1. The van der Waals surface area contributed by atoms with Crippen LogP contribution in [0.5, 0.6) is 0 Å². The molecule has 170 valence electrons. The molecule has 4 aromatic rings. The number of fused-ring (bicyclic) bond motifs is 1. The van der Waals surface area contributed by atoms with Crippen molar-refractivity contribution in [1.82, 2.24) is 18.7 Å². The summed E-state index contributed by atoms with van der Waals surface area (Å²) in [5.41, 5.74) is 3.22. The number of anilines is 2. The van der Waals surface area contributed by atoms with E-state index >= 15 is 0 Å². The van der Waals surface area contributed by atoms with Crippen LogP contribution in [0.2, 0.25) is 0 Å². The fourth-order valence-electron chi connectivity index (χ4n) is 3.68. The number of nitrogens with zero attached hydrogens (tertiary/aromatic N) is 4. The van der Waals surface area contributed by atoms with Gasteiger partial charge in [0.25, 0.3) is 5.56 Å². The van der Waals surface area contributed by atoms with Crippen molar-refractivity contribution in [2.75, 3.05) is 10.6 Å². The minimum Gasteiger partial charge on any atom is -0.316 e. The van der Waals surface area contributed by atoms with Crippen molar-refractivity contribution >= 4 is 40.3 Å². The van der Waals surface area contributed by atoms with E-state index in [0.29, 0.717) is 27.7 Å². The van der Waals surface area contributed by atoms with Gasteiger partial charge in [0, 0.05) is 31.7 Å². The fraction of sp³-hybridized carbons (Fsp3) is 0.217. The monoisotopic (exact) mass is 464 g/mol. The van der Waals surface area contributed by atoms with E-state index in [1.807, 2.05) is 50.2 Å². The number of benzene rings is 2. The predicted octanol–water partition coefficient (Wildman–Crippen LogP) is 3.38. The highest BCUT2D eigenvalue weighted by Crippen LogP contribution is 2.33. The molecule has 0 radical (unpaired) electrons. The molecule has 2 amide bonds. The Morgan fingerprint density at radius 3 is 2.27 bits per heavy atom. The van der Waals surface area contributed by atoms with Gasteiger partial charge in [-0.2, -0.15) is 0 Å². The van der Waals surface area contributed by atoms with E-state index in [2.05, 4.69) is 15.6 Å². The molecule has 0 spiro atoms. The molecule has 0 aliphatic heterocycles. The van der Waals surface area contributed by atoms with Crippen LogP contribution in [0.4, 0.5) is 16.2 Å². The first kappa shape index (κ1) is 22.4. The predicted molar refractivity (Wildman–Crippen MR) is 130 cm³/mol. The first-order chi connectivity index (χ1) is 15.7. The number of aryl methyl sites for hydroxylation is 4. The number of aromatic nitrogens is 4. The van der Waals surface area contributed by atoms with E-state index in [9.17, 15) is 14.4 Å². The zero-order valence-electron chi connectivity index (χ0n) is 19.0. The Morgan fingerprint density at radius 1 is 0.909 bits per heavy atom. The Morgan fingerprint density at radius 2 is 1.58 bits per heavy atom. The zero-order chi connectivity index (χ0) is 23.9. The normalized spacial score (nSPS) is 11.1. The number of imidazole rings is 1. The van der Waals surface area contributed by atoms with Gasteiger partial charge in [0.1, 0.15) is 0 Å². The van der Waals surface area contributed by atoms with Crippen molar-refractivity contribution in [2.45, 2.75) is 23.9 Å². The summed E-state index contributed by atoms with van der Waals surface area (Å²) in [5.74, 6) is 0. The third-order valence-corrected chi connectivity index (χ3v) is 6.37. The van der Waals surface area contributed by atoms with Gasteiger partial charge in [0.15, 0.2) is 16.3 Å². The number of nitrogens with one attached hydrogen (secondary N) is 2. The second-order valence-electron chi connectivity index (χ2n) is 7.89. The van der Waals surface area contributed by atoms with E-state index in [0.717, 1.165) is 20.6 Å². The molecule has 0 fully saturated rings. The zero-order valence-corrected chi connectivity index (χ0v) is 19.8. The second kappa shape index (κ2) is 8.62. The first-order valence-electron chi connectivity index (χ1n) is 10.2. The van der Waals surface area contributed by atoms with Gasteiger partial charge in [-0.3, -0.25) is 13.9 Å². The molecule has 0 bridgehead atoms. The van der Waals surface area contributed by atoms with Crippen molar-refractivity contribution < 1.29 is 4.79 Å². The topological polar surface area (TPSA) is 103 Å². The second-order valence-corrected chi connectivity index (χ2v) is 8.89. The van der Waals surface area contributed by atoms with E-state index < -0.39 is 11.2 Å². The van der Waals surface area contributed by atoms with Crippen LogP contribution in [0.3, 0.4) is 0 Å². The minimum atomic E-state index is -0.438. The van der Waals surface area contributed by atoms with Crippen LogP contribution in [0.15, 0.2) is 62.1 Å². The molecular weight excluding hydrogens is 440 g/mol. The number of amides is 2. The number of rotatable bonds is 4. The van der Waals surface area contributed by atoms with Gasteiger partial charge in [-0.05, 0) is 61.0 Å². The third-order valence-electron chi connectivity index (χ3n) is 5.25. The number of hydrogen-bond acceptors (Lipinski definition) is 5. The van der Waals surface area contributed by atoms with Gasteiger partial charge in [0.2, 0.25) is 0 Å². The molecule has 33 heavy (non-hydrogen) atoms. The van der Waals surface area contributed by atoms with Crippen molar-refractivity contribution in [3.05, 3.63) is 74.4 Å². The molecule has 0 saturated heterocycles. The van der Waals surface area contributed by atoms with Crippen molar-refractivity contribution in [3.8, 4) is 0 Å². The van der Waals surface area contributed by atoms with Crippen molar-refractivity contribution in [3.63, 3.8) is 0 Å². The molecule has 2 aromatic carbocycles. The molecule has 4 rings (SSSR count). The molecule has 0 unspecified atom stereocenters. The average molecular weight is 465 g/mol. The minimum absolute atomic E-state index is 0.311. The maximum Gasteiger partial charge on any atom is 0.332 e. The van der Waals surface area contributed by atoms with Gasteiger partial charge in [-0.25, -0.2) is 14.6 Å². The van der Waals surface area contributed by atoms with Crippen LogP contribution >= 0.6 is 11.8 Å². The summed E-state index contributed by atoms with van der Waals surface area (Å²) in [7, 11) is 4.75. The molecule has 2 N–H and O–H groups in total. The third kappa shape index (κ3) is 4.29. The molecular formula is C23H24N6O3S. The Kier molecular flexibility index (Phi) is 5.86. The summed E-state index contributed by atoms with van der Waals surface area (Å²) in [5, 5.41) is 6.27. The molecule has 0 atom stereocenters.